The van der Waals surface area contributed by atoms with Crippen LogP contribution in [0.1, 0.15) is 35.4 Å². The molecule has 0 spiro atoms. The highest BCUT2D eigenvalue weighted by Crippen LogP contribution is 2.08. The molecule has 112 valence electrons. The molecule has 3 heterocycles. The monoisotopic (exact) mass is 288 g/mol. The van der Waals surface area contributed by atoms with Gasteiger partial charge < -0.3 is 15.2 Å². The summed E-state index contributed by atoms with van der Waals surface area (Å²) >= 11 is 0. The van der Waals surface area contributed by atoms with E-state index in [9.17, 15) is 4.79 Å². The SMILES string of the molecule is CCCn1ccnc1CNC(=O)c1cc2n(n1)CCNC2. The molecule has 0 saturated carbocycles. The number of rotatable bonds is 5. The average molecular weight is 288 g/mol. The zero-order valence-electron chi connectivity index (χ0n) is 12.2. The van der Waals surface area contributed by atoms with Crippen LogP contribution < -0.4 is 10.6 Å². The smallest absolute Gasteiger partial charge is 0.272 e. The van der Waals surface area contributed by atoms with Crippen molar-refractivity contribution in [1.82, 2.24) is 30.0 Å². The first-order chi connectivity index (χ1) is 10.3. The Hall–Kier alpha value is -2.15. The fourth-order valence-corrected chi connectivity index (χ4v) is 2.51. The second-order valence-electron chi connectivity index (χ2n) is 5.14. The van der Waals surface area contributed by atoms with Crippen LogP contribution in [0, 0.1) is 0 Å². The molecule has 0 bridgehead atoms. The number of nitrogens with one attached hydrogen (secondary N) is 2. The van der Waals surface area contributed by atoms with E-state index in [-0.39, 0.29) is 5.91 Å². The quantitative estimate of drug-likeness (QED) is 0.841. The summed E-state index contributed by atoms with van der Waals surface area (Å²) in [6.45, 7) is 5.92. The van der Waals surface area contributed by atoms with Gasteiger partial charge in [-0.1, -0.05) is 6.92 Å². The summed E-state index contributed by atoms with van der Waals surface area (Å²) in [6, 6.07) is 1.85. The third-order valence-electron chi connectivity index (χ3n) is 3.58. The van der Waals surface area contributed by atoms with E-state index in [0.717, 1.165) is 44.1 Å². The van der Waals surface area contributed by atoms with Crippen molar-refractivity contribution in [3.63, 3.8) is 0 Å². The van der Waals surface area contributed by atoms with Crippen molar-refractivity contribution in [3.8, 4) is 0 Å². The van der Waals surface area contributed by atoms with Crippen molar-refractivity contribution >= 4 is 5.91 Å². The van der Waals surface area contributed by atoms with Gasteiger partial charge in [0.25, 0.3) is 5.91 Å². The van der Waals surface area contributed by atoms with Gasteiger partial charge in [0, 0.05) is 32.0 Å². The summed E-state index contributed by atoms with van der Waals surface area (Å²) in [7, 11) is 0. The lowest BCUT2D eigenvalue weighted by Gasteiger charge is -2.13. The van der Waals surface area contributed by atoms with E-state index in [1.807, 2.05) is 16.9 Å². The fraction of sp³-hybridized carbons (Fsp3) is 0.500. The Kier molecular flexibility index (Phi) is 4.01. The normalized spacial score (nSPS) is 14.0. The maximum absolute atomic E-state index is 12.2. The number of aromatic nitrogens is 4. The summed E-state index contributed by atoms with van der Waals surface area (Å²) in [5.74, 6) is 0.721. The highest BCUT2D eigenvalue weighted by molar-refractivity contribution is 5.92. The number of fused-ring (bicyclic) bond motifs is 1. The molecule has 7 nitrogen and oxygen atoms in total. The van der Waals surface area contributed by atoms with Crippen molar-refractivity contribution in [2.45, 2.75) is 39.5 Å². The minimum atomic E-state index is -0.150. The Labute approximate surface area is 123 Å². The number of amides is 1. The molecule has 0 fully saturated rings. The minimum Gasteiger partial charge on any atom is -0.343 e. The predicted octanol–water partition coefficient (Wildman–Crippen LogP) is 0.523. The van der Waals surface area contributed by atoms with Crippen LogP contribution in [0.5, 0.6) is 0 Å². The summed E-state index contributed by atoms with van der Waals surface area (Å²) in [5.41, 5.74) is 1.53. The van der Waals surface area contributed by atoms with E-state index in [1.54, 1.807) is 6.20 Å². The Balaban J connectivity index is 1.63. The molecule has 2 N–H and O–H groups in total. The summed E-state index contributed by atoms with van der Waals surface area (Å²) in [5, 5.41) is 10.5. The first kappa shape index (κ1) is 13.8. The van der Waals surface area contributed by atoms with E-state index in [4.69, 9.17) is 0 Å². The zero-order chi connectivity index (χ0) is 14.7. The van der Waals surface area contributed by atoms with Crippen LogP contribution in [-0.2, 0) is 26.2 Å². The third kappa shape index (κ3) is 2.97. The molecular weight excluding hydrogens is 268 g/mol. The van der Waals surface area contributed by atoms with Crippen molar-refractivity contribution in [3.05, 3.63) is 35.7 Å². The van der Waals surface area contributed by atoms with E-state index in [1.165, 1.54) is 0 Å². The van der Waals surface area contributed by atoms with Gasteiger partial charge >= 0.3 is 0 Å². The molecule has 2 aromatic heterocycles. The highest BCUT2D eigenvalue weighted by Gasteiger charge is 2.16. The zero-order valence-corrected chi connectivity index (χ0v) is 12.2. The molecular formula is C14H20N6O. The molecule has 0 aliphatic carbocycles. The maximum Gasteiger partial charge on any atom is 0.272 e. The third-order valence-corrected chi connectivity index (χ3v) is 3.58. The molecule has 0 radical (unpaired) electrons. The predicted molar refractivity (Wildman–Crippen MR) is 77.6 cm³/mol. The minimum absolute atomic E-state index is 0.150. The molecule has 3 rings (SSSR count). The first-order valence-corrected chi connectivity index (χ1v) is 7.33. The van der Waals surface area contributed by atoms with Crippen molar-refractivity contribution in [1.29, 1.82) is 0 Å². The van der Waals surface area contributed by atoms with Gasteiger partial charge in [0.05, 0.1) is 18.8 Å². The molecule has 0 aromatic carbocycles. The van der Waals surface area contributed by atoms with Crippen LogP contribution in [0.3, 0.4) is 0 Å². The van der Waals surface area contributed by atoms with Gasteiger partial charge in [0.2, 0.25) is 0 Å². The second kappa shape index (κ2) is 6.09. The summed E-state index contributed by atoms with van der Waals surface area (Å²) < 4.78 is 3.95. The molecule has 1 aliphatic rings. The molecule has 1 amide bonds. The van der Waals surface area contributed by atoms with Gasteiger partial charge in [-0.25, -0.2) is 4.98 Å². The standard InChI is InChI=1S/C14H20N6O/c1-2-5-19-6-4-16-13(19)10-17-14(21)12-8-11-9-15-3-7-20(11)18-12/h4,6,8,15H,2-3,5,7,9-10H2,1H3,(H,17,21). The van der Waals surface area contributed by atoms with Crippen molar-refractivity contribution in [2.75, 3.05) is 6.54 Å². The lowest BCUT2D eigenvalue weighted by molar-refractivity contribution is 0.0943. The Bertz CT molecular complexity index is 606. The average Bonchev–Trinajstić information content (AvgIpc) is 3.11. The number of aryl methyl sites for hydroxylation is 1. The number of hydrogen-bond acceptors (Lipinski definition) is 4. The van der Waals surface area contributed by atoms with E-state index < -0.39 is 0 Å². The van der Waals surface area contributed by atoms with E-state index >= 15 is 0 Å². The van der Waals surface area contributed by atoms with Gasteiger partial charge in [-0.05, 0) is 12.5 Å². The van der Waals surface area contributed by atoms with Crippen molar-refractivity contribution < 1.29 is 4.79 Å². The Morgan fingerprint density at radius 3 is 3.24 bits per heavy atom. The van der Waals surface area contributed by atoms with Gasteiger partial charge in [-0.3, -0.25) is 9.48 Å². The first-order valence-electron chi connectivity index (χ1n) is 7.33. The number of nitrogens with zero attached hydrogens (tertiary/aromatic N) is 4. The fourth-order valence-electron chi connectivity index (χ4n) is 2.51. The summed E-state index contributed by atoms with van der Waals surface area (Å²) in [4.78, 5) is 16.5. The number of carbonyl (C=O) groups is 1. The number of hydrogen-bond donors (Lipinski definition) is 2. The molecule has 1 aliphatic heterocycles. The van der Waals surface area contributed by atoms with Crippen LogP contribution in [0.4, 0.5) is 0 Å². The maximum atomic E-state index is 12.2. The van der Waals surface area contributed by atoms with Gasteiger partial charge in [-0.2, -0.15) is 5.10 Å². The molecule has 0 saturated heterocycles. The highest BCUT2D eigenvalue weighted by atomic mass is 16.1. The van der Waals surface area contributed by atoms with Crippen LogP contribution in [0.2, 0.25) is 0 Å². The van der Waals surface area contributed by atoms with Crippen LogP contribution in [0.15, 0.2) is 18.5 Å². The lowest BCUT2D eigenvalue weighted by Crippen LogP contribution is -2.28. The Morgan fingerprint density at radius 1 is 1.52 bits per heavy atom. The van der Waals surface area contributed by atoms with Gasteiger partial charge in [0.15, 0.2) is 5.69 Å². The number of carbonyl (C=O) groups excluding carboxylic acids is 1. The molecule has 0 atom stereocenters. The van der Waals surface area contributed by atoms with Gasteiger partial charge in [-0.15, -0.1) is 0 Å². The lowest BCUT2D eigenvalue weighted by atomic mass is 10.3. The largest absolute Gasteiger partial charge is 0.343 e. The van der Waals surface area contributed by atoms with Gasteiger partial charge in [0.1, 0.15) is 5.82 Å². The number of imidazole rings is 1. The topological polar surface area (TPSA) is 76.8 Å². The van der Waals surface area contributed by atoms with Crippen LogP contribution in [0.25, 0.3) is 0 Å². The van der Waals surface area contributed by atoms with Crippen LogP contribution >= 0.6 is 0 Å². The second-order valence-corrected chi connectivity index (χ2v) is 5.14. The van der Waals surface area contributed by atoms with E-state index in [0.29, 0.717) is 12.2 Å². The Morgan fingerprint density at radius 2 is 2.43 bits per heavy atom. The molecule has 21 heavy (non-hydrogen) atoms. The van der Waals surface area contributed by atoms with Crippen LogP contribution in [-0.4, -0.2) is 31.8 Å². The molecule has 0 unspecified atom stereocenters. The van der Waals surface area contributed by atoms with Crippen molar-refractivity contribution in [2.24, 2.45) is 0 Å². The summed E-state index contributed by atoms with van der Waals surface area (Å²) in [6.07, 6.45) is 4.74. The van der Waals surface area contributed by atoms with E-state index in [2.05, 4.69) is 32.2 Å². The molecule has 7 heteroatoms. The molecule has 2 aromatic rings.